The standard InChI is InChI=1S/C16H17N3O2/c1-10-4-5-15-14(6-10)16(19-18-15)17-11-7-12(20-2)9-13(8-11)21-3/h4-9H,1-3H3,(H2,17,18,19). The Morgan fingerprint density at radius 3 is 2.38 bits per heavy atom. The molecule has 0 saturated carbocycles. The van der Waals surface area contributed by atoms with E-state index in [9.17, 15) is 0 Å². The number of methoxy groups -OCH3 is 2. The first-order chi connectivity index (χ1) is 10.2. The van der Waals surface area contributed by atoms with Gasteiger partial charge in [-0.15, -0.1) is 0 Å². The van der Waals surface area contributed by atoms with E-state index < -0.39 is 0 Å². The molecular weight excluding hydrogens is 266 g/mol. The third kappa shape index (κ3) is 2.63. The van der Waals surface area contributed by atoms with E-state index in [0.717, 1.165) is 33.9 Å². The second kappa shape index (κ2) is 5.36. The molecule has 3 aromatic rings. The number of hydrogen-bond donors (Lipinski definition) is 2. The fraction of sp³-hybridized carbons (Fsp3) is 0.188. The first-order valence-electron chi connectivity index (χ1n) is 6.64. The number of benzene rings is 2. The highest BCUT2D eigenvalue weighted by molar-refractivity contribution is 5.92. The van der Waals surface area contributed by atoms with E-state index in [-0.39, 0.29) is 0 Å². The number of aryl methyl sites for hydroxylation is 1. The molecule has 108 valence electrons. The Morgan fingerprint density at radius 1 is 1.00 bits per heavy atom. The molecule has 0 bridgehead atoms. The lowest BCUT2D eigenvalue weighted by atomic mass is 10.2. The van der Waals surface area contributed by atoms with Gasteiger partial charge in [-0.25, -0.2) is 0 Å². The van der Waals surface area contributed by atoms with Crippen LogP contribution in [0.15, 0.2) is 36.4 Å². The Morgan fingerprint density at radius 2 is 1.71 bits per heavy atom. The third-order valence-corrected chi connectivity index (χ3v) is 3.33. The van der Waals surface area contributed by atoms with Crippen molar-refractivity contribution < 1.29 is 9.47 Å². The lowest BCUT2D eigenvalue weighted by Crippen LogP contribution is -1.94. The van der Waals surface area contributed by atoms with Crippen molar-refractivity contribution in [2.45, 2.75) is 6.92 Å². The fourth-order valence-corrected chi connectivity index (χ4v) is 2.24. The minimum Gasteiger partial charge on any atom is -0.497 e. The number of fused-ring (bicyclic) bond motifs is 1. The molecular formula is C16H17N3O2. The van der Waals surface area contributed by atoms with Gasteiger partial charge in [-0.2, -0.15) is 5.10 Å². The van der Waals surface area contributed by atoms with Crippen molar-refractivity contribution in [3.63, 3.8) is 0 Å². The van der Waals surface area contributed by atoms with Crippen LogP contribution in [-0.2, 0) is 0 Å². The number of aromatic amines is 1. The molecule has 2 aromatic carbocycles. The lowest BCUT2D eigenvalue weighted by molar-refractivity contribution is 0.395. The van der Waals surface area contributed by atoms with Crippen molar-refractivity contribution in [1.82, 2.24) is 10.2 Å². The van der Waals surface area contributed by atoms with Gasteiger partial charge in [0.15, 0.2) is 5.82 Å². The summed E-state index contributed by atoms with van der Waals surface area (Å²) in [4.78, 5) is 0. The molecule has 21 heavy (non-hydrogen) atoms. The monoisotopic (exact) mass is 283 g/mol. The van der Waals surface area contributed by atoms with Gasteiger partial charge in [0.05, 0.1) is 19.7 Å². The normalized spacial score (nSPS) is 10.6. The molecule has 1 aromatic heterocycles. The van der Waals surface area contributed by atoms with Crippen LogP contribution in [0.2, 0.25) is 0 Å². The predicted octanol–water partition coefficient (Wildman–Crippen LogP) is 3.63. The molecule has 0 unspecified atom stereocenters. The smallest absolute Gasteiger partial charge is 0.160 e. The van der Waals surface area contributed by atoms with E-state index in [1.165, 1.54) is 5.56 Å². The quantitative estimate of drug-likeness (QED) is 0.767. The van der Waals surface area contributed by atoms with E-state index in [2.05, 4.69) is 34.6 Å². The van der Waals surface area contributed by atoms with E-state index in [0.29, 0.717) is 0 Å². The molecule has 0 fully saturated rings. The molecule has 5 heteroatoms. The Labute approximate surface area is 122 Å². The fourth-order valence-electron chi connectivity index (χ4n) is 2.24. The van der Waals surface area contributed by atoms with Crippen molar-refractivity contribution >= 4 is 22.4 Å². The summed E-state index contributed by atoms with van der Waals surface area (Å²) in [5.41, 5.74) is 3.05. The molecule has 5 nitrogen and oxygen atoms in total. The molecule has 0 saturated heterocycles. The lowest BCUT2D eigenvalue weighted by Gasteiger charge is -2.09. The van der Waals surface area contributed by atoms with Crippen LogP contribution in [0.5, 0.6) is 11.5 Å². The van der Waals surface area contributed by atoms with E-state index in [1.807, 2.05) is 24.3 Å². The van der Waals surface area contributed by atoms with Crippen molar-refractivity contribution in [1.29, 1.82) is 0 Å². The molecule has 1 heterocycles. The van der Waals surface area contributed by atoms with Crippen LogP contribution < -0.4 is 14.8 Å². The summed E-state index contributed by atoms with van der Waals surface area (Å²) in [5, 5.41) is 11.7. The Balaban J connectivity index is 2.00. The summed E-state index contributed by atoms with van der Waals surface area (Å²) in [7, 11) is 3.26. The second-order valence-electron chi connectivity index (χ2n) is 4.85. The third-order valence-electron chi connectivity index (χ3n) is 3.33. The number of anilines is 2. The molecule has 0 aliphatic carbocycles. The highest BCUT2D eigenvalue weighted by Crippen LogP contribution is 2.30. The van der Waals surface area contributed by atoms with Crippen molar-refractivity contribution in [3.8, 4) is 11.5 Å². The molecule has 0 radical (unpaired) electrons. The van der Waals surface area contributed by atoms with Gasteiger partial charge in [-0.1, -0.05) is 11.6 Å². The van der Waals surface area contributed by atoms with Gasteiger partial charge < -0.3 is 14.8 Å². The van der Waals surface area contributed by atoms with Crippen molar-refractivity contribution in [3.05, 3.63) is 42.0 Å². The highest BCUT2D eigenvalue weighted by Gasteiger charge is 2.08. The van der Waals surface area contributed by atoms with Gasteiger partial charge in [0.1, 0.15) is 11.5 Å². The maximum absolute atomic E-state index is 5.27. The number of ether oxygens (including phenoxy) is 2. The van der Waals surface area contributed by atoms with Crippen LogP contribution in [0.3, 0.4) is 0 Å². The van der Waals surface area contributed by atoms with Gasteiger partial charge in [0.2, 0.25) is 0 Å². The molecule has 0 amide bonds. The first-order valence-corrected chi connectivity index (χ1v) is 6.64. The second-order valence-corrected chi connectivity index (χ2v) is 4.85. The van der Waals surface area contributed by atoms with Gasteiger partial charge in [-0.05, 0) is 19.1 Å². The summed E-state index contributed by atoms with van der Waals surface area (Å²) < 4.78 is 10.5. The van der Waals surface area contributed by atoms with E-state index in [4.69, 9.17) is 9.47 Å². The van der Waals surface area contributed by atoms with E-state index in [1.54, 1.807) is 14.2 Å². The zero-order valence-corrected chi connectivity index (χ0v) is 12.2. The van der Waals surface area contributed by atoms with Crippen LogP contribution in [-0.4, -0.2) is 24.4 Å². The molecule has 2 N–H and O–H groups in total. The molecule has 0 atom stereocenters. The van der Waals surface area contributed by atoms with Crippen molar-refractivity contribution in [2.75, 3.05) is 19.5 Å². The number of nitrogens with zero attached hydrogens (tertiary/aromatic N) is 1. The Kier molecular flexibility index (Phi) is 3.39. The Bertz CT molecular complexity index is 758. The summed E-state index contributed by atoms with van der Waals surface area (Å²) in [6.07, 6.45) is 0. The van der Waals surface area contributed by atoms with Crippen LogP contribution in [0.1, 0.15) is 5.56 Å². The molecule has 3 rings (SSSR count). The largest absolute Gasteiger partial charge is 0.497 e. The number of aromatic nitrogens is 2. The number of nitrogens with one attached hydrogen (secondary N) is 2. The summed E-state index contributed by atoms with van der Waals surface area (Å²) in [6.45, 7) is 2.06. The maximum Gasteiger partial charge on any atom is 0.160 e. The highest BCUT2D eigenvalue weighted by atomic mass is 16.5. The maximum atomic E-state index is 5.27. The van der Waals surface area contributed by atoms with Crippen LogP contribution in [0, 0.1) is 6.92 Å². The summed E-state index contributed by atoms with van der Waals surface area (Å²) in [5.74, 6) is 2.24. The van der Waals surface area contributed by atoms with E-state index >= 15 is 0 Å². The van der Waals surface area contributed by atoms with Gasteiger partial charge in [0, 0.05) is 29.3 Å². The minimum atomic E-state index is 0.730. The summed E-state index contributed by atoms with van der Waals surface area (Å²) >= 11 is 0. The topological polar surface area (TPSA) is 59.2 Å². The number of hydrogen-bond acceptors (Lipinski definition) is 4. The minimum absolute atomic E-state index is 0.730. The summed E-state index contributed by atoms with van der Waals surface area (Å²) in [6, 6.07) is 11.8. The first kappa shape index (κ1) is 13.3. The molecule has 0 spiro atoms. The molecule has 0 aliphatic heterocycles. The van der Waals surface area contributed by atoms with Gasteiger partial charge >= 0.3 is 0 Å². The molecule has 0 aliphatic rings. The van der Waals surface area contributed by atoms with Gasteiger partial charge in [-0.3, -0.25) is 5.10 Å². The SMILES string of the molecule is COc1cc(Nc2n[nH]c3ccc(C)cc23)cc(OC)c1. The van der Waals surface area contributed by atoms with Crippen LogP contribution in [0.25, 0.3) is 10.9 Å². The van der Waals surface area contributed by atoms with Crippen LogP contribution in [0.4, 0.5) is 11.5 Å². The number of H-pyrrole nitrogens is 1. The predicted molar refractivity (Wildman–Crippen MR) is 83.7 cm³/mol. The van der Waals surface area contributed by atoms with Crippen LogP contribution >= 0.6 is 0 Å². The zero-order chi connectivity index (χ0) is 14.8. The zero-order valence-electron chi connectivity index (χ0n) is 12.2. The van der Waals surface area contributed by atoms with Gasteiger partial charge in [0.25, 0.3) is 0 Å². The Hall–Kier alpha value is -2.69. The average Bonchev–Trinajstić information content (AvgIpc) is 2.89. The average molecular weight is 283 g/mol. The van der Waals surface area contributed by atoms with Crippen molar-refractivity contribution in [2.24, 2.45) is 0 Å². The number of rotatable bonds is 4.